The number of nitrogen functional groups attached to an aromatic ring is 1. The van der Waals surface area contributed by atoms with E-state index >= 15 is 0 Å². The van der Waals surface area contributed by atoms with Crippen LogP contribution in [0.5, 0.6) is 0 Å². The molecule has 3 N–H and O–H groups in total. The van der Waals surface area contributed by atoms with Gasteiger partial charge >= 0.3 is 5.97 Å². The minimum atomic E-state index is -3.83. The first-order valence-electron chi connectivity index (χ1n) is 7.03. The number of benzene rings is 1. The van der Waals surface area contributed by atoms with Gasteiger partial charge in [0, 0.05) is 5.69 Å². The molecule has 6 nitrogen and oxygen atoms in total. The Hall–Kier alpha value is -1.60. The van der Waals surface area contributed by atoms with Crippen LogP contribution in [0.2, 0.25) is 0 Å². The first kappa shape index (κ1) is 18.4. The zero-order valence-corrected chi connectivity index (χ0v) is 14.4. The number of hydrogen-bond donors (Lipinski definition) is 2. The predicted octanol–water partition coefficient (Wildman–Crippen LogP) is 1.91. The van der Waals surface area contributed by atoms with E-state index in [0.717, 1.165) is 0 Å². The van der Waals surface area contributed by atoms with Crippen LogP contribution in [0.1, 0.15) is 34.6 Å². The van der Waals surface area contributed by atoms with Gasteiger partial charge in [-0.2, -0.15) is 4.72 Å². The first-order valence-corrected chi connectivity index (χ1v) is 8.51. The Morgan fingerprint density at radius 1 is 1.18 bits per heavy atom. The van der Waals surface area contributed by atoms with E-state index in [4.69, 9.17) is 10.5 Å². The van der Waals surface area contributed by atoms with Crippen molar-refractivity contribution < 1.29 is 17.9 Å². The molecule has 124 valence electrons. The molecule has 0 fully saturated rings. The highest BCUT2D eigenvalue weighted by Crippen LogP contribution is 2.16. The summed E-state index contributed by atoms with van der Waals surface area (Å²) in [6, 6.07) is 4.81. The minimum Gasteiger partial charge on any atom is -0.459 e. The summed E-state index contributed by atoms with van der Waals surface area (Å²) in [6.45, 7) is 8.70. The third kappa shape index (κ3) is 5.31. The van der Waals surface area contributed by atoms with Crippen molar-refractivity contribution in [2.75, 3.05) is 5.73 Å². The van der Waals surface area contributed by atoms with Crippen LogP contribution in [-0.4, -0.2) is 26.0 Å². The van der Waals surface area contributed by atoms with Gasteiger partial charge in [-0.05, 0) is 51.0 Å². The van der Waals surface area contributed by atoms with E-state index in [2.05, 4.69) is 4.72 Å². The van der Waals surface area contributed by atoms with E-state index in [1.807, 2.05) is 0 Å². The van der Waals surface area contributed by atoms with E-state index < -0.39 is 27.6 Å². The number of carbonyl (C=O) groups excluding carboxylic acids is 1. The van der Waals surface area contributed by atoms with Crippen LogP contribution in [0.15, 0.2) is 29.2 Å². The van der Waals surface area contributed by atoms with E-state index in [-0.39, 0.29) is 10.8 Å². The van der Waals surface area contributed by atoms with Crippen LogP contribution in [0.4, 0.5) is 5.69 Å². The maximum atomic E-state index is 12.4. The zero-order valence-electron chi connectivity index (χ0n) is 13.6. The lowest BCUT2D eigenvalue weighted by atomic mass is 10.1. The maximum absolute atomic E-state index is 12.4. The number of esters is 1. The predicted molar refractivity (Wildman–Crippen MR) is 85.6 cm³/mol. The van der Waals surface area contributed by atoms with Gasteiger partial charge in [0.05, 0.1) is 4.90 Å². The number of hydrogen-bond acceptors (Lipinski definition) is 5. The van der Waals surface area contributed by atoms with Crippen molar-refractivity contribution in [3.8, 4) is 0 Å². The van der Waals surface area contributed by atoms with E-state index in [9.17, 15) is 13.2 Å². The molecular formula is C15H24N2O4S. The van der Waals surface area contributed by atoms with Gasteiger partial charge in [-0.15, -0.1) is 0 Å². The van der Waals surface area contributed by atoms with Crippen LogP contribution < -0.4 is 10.5 Å². The second kappa shape index (κ2) is 6.66. The lowest BCUT2D eigenvalue weighted by Crippen LogP contribution is -2.47. The van der Waals surface area contributed by atoms with Gasteiger partial charge in [0.15, 0.2) is 0 Å². The minimum absolute atomic E-state index is 0.0518. The molecule has 0 spiro atoms. The molecule has 0 amide bonds. The number of rotatable bonds is 5. The molecule has 22 heavy (non-hydrogen) atoms. The molecule has 7 heteroatoms. The SMILES string of the molecule is CC(C)C(NS(=O)(=O)c1ccc(N)cc1)C(=O)OC(C)(C)C. The Morgan fingerprint density at radius 2 is 1.68 bits per heavy atom. The third-order valence-corrected chi connectivity index (χ3v) is 4.26. The molecule has 0 saturated heterocycles. The number of carbonyl (C=O) groups is 1. The van der Waals surface area contributed by atoms with Gasteiger partial charge in [0.25, 0.3) is 0 Å². The summed E-state index contributed by atoms with van der Waals surface area (Å²) in [5.74, 6) is -0.847. The molecule has 1 aromatic rings. The summed E-state index contributed by atoms with van der Waals surface area (Å²) in [5, 5.41) is 0. The summed E-state index contributed by atoms with van der Waals surface area (Å²) in [6.07, 6.45) is 0. The van der Waals surface area contributed by atoms with E-state index in [1.54, 1.807) is 34.6 Å². The number of nitrogens with two attached hydrogens (primary N) is 1. The second-order valence-corrected chi connectivity index (χ2v) is 8.16. The van der Waals surface area contributed by atoms with Gasteiger partial charge < -0.3 is 10.5 Å². The Bertz CT molecular complexity index is 616. The van der Waals surface area contributed by atoms with Crippen LogP contribution in [0.25, 0.3) is 0 Å². The standard InChI is InChI=1S/C15H24N2O4S/c1-10(2)13(14(18)21-15(3,4)5)17-22(19,20)12-8-6-11(16)7-9-12/h6-10,13,17H,16H2,1-5H3. The fourth-order valence-electron chi connectivity index (χ4n) is 1.70. The smallest absolute Gasteiger partial charge is 0.324 e. The molecule has 0 aliphatic heterocycles. The Kier molecular flexibility index (Phi) is 5.59. The van der Waals surface area contributed by atoms with Crippen LogP contribution in [0.3, 0.4) is 0 Å². The van der Waals surface area contributed by atoms with Crippen molar-refractivity contribution in [2.45, 2.75) is 51.2 Å². The van der Waals surface area contributed by atoms with E-state index in [1.165, 1.54) is 24.3 Å². The van der Waals surface area contributed by atoms with Crippen LogP contribution in [0, 0.1) is 5.92 Å². The molecule has 0 saturated carbocycles. The molecule has 1 unspecified atom stereocenters. The highest BCUT2D eigenvalue weighted by Gasteiger charge is 2.32. The molecule has 0 bridgehead atoms. The first-order chi connectivity index (χ1) is 9.92. The molecule has 0 heterocycles. The van der Waals surface area contributed by atoms with Crippen molar-refractivity contribution in [1.29, 1.82) is 0 Å². The quantitative estimate of drug-likeness (QED) is 0.635. The topological polar surface area (TPSA) is 98.5 Å². The molecule has 0 radical (unpaired) electrons. The Morgan fingerprint density at radius 3 is 2.09 bits per heavy atom. The summed E-state index contributed by atoms with van der Waals surface area (Å²) < 4.78 is 32.4. The van der Waals surface area contributed by atoms with Crippen LogP contribution >= 0.6 is 0 Å². The molecule has 0 aliphatic carbocycles. The van der Waals surface area contributed by atoms with Gasteiger partial charge in [0.1, 0.15) is 11.6 Å². The van der Waals surface area contributed by atoms with Crippen molar-refractivity contribution in [1.82, 2.24) is 4.72 Å². The van der Waals surface area contributed by atoms with Crippen LogP contribution in [-0.2, 0) is 19.6 Å². The summed E-state index contributed by atoms with van der Waals surface area (Å²) in [7, 11) is -3.83. The number of anilines is 1. The molecular weight excluding hydrogens is 304 g/mol. The van der Waals surface area contributed by atoms with E-state index in [0.29, 0.717) is 5.69 Å². The number of ether oxygens (including phenoxy) is 1. The molecule has 1 aromatic carbocycles. The molecule has 0 aliphatic rings. The van der Waals surface area contributed by atoms with Gasteiger partial charge in [-0.3, -0.25) is 4.79 Å². The highest BCUT2D eigenvalue weighted by molar-refractivity contribution is 7.89. The summed E-state index contributed by atoms with van der Waals surface area (Å²) in [5.41, 5.74) is 5.33. The molecule has 1 atom stereocenters. The largest absolute Gasteiger partial charge is 0.459 e. The molecule has 1 rings (SSSR count). The van der Waals surface area contributed by atoms with Gasteiger partial charge in [-0.25, -0.2) is 8.42 Å². The normalized spacial score (nSPS) is 13.9. The van der Waals surface area contributed by atoms with Crippen molar-refractivity contribution >= 4 is 21.7 Å². The van der Waals surface area contributed by atoms with Crippen molar-refractivity contribution in [3.05, 3.63) is 24.3 Å². The summed E-state index contributed by atoms with van der Waals surface area (Å²) >= 11 is 0. The second-order valence-electron chi connectivity index (χ2n) is 6.45. The van der Waals surface area contributed by atoms with Gasteiger partial charge in [0.2, 0.25) is 10.0 Å². The average Bonchev–Trinajstić information content (AvgIpc) is 2.34. The molecule has 0 aromatic heterocycles. The highest BCUT2D eigenvalue weighted by atomic mass is 32.2. The maximum Gasteiger partial charge on any atom is 0.324 e. The summed E-state index contributed by atoms with van der Waals surface area (Å²) in [4.78, 5) is 12.2. The van der Waals surface area contributed by atoms with Crippen molar-refractivity contribution in [3.63, 3.8) is 0 Å². The number of nitrogens with one attached hydrogen (secondary N) is 1. The zero-order chi connectivity index (χ0) is 17.1. The number of sulfonamides is 1. The van der Waals surface area contributed by atoms with Crippen molar-refractivity contribution in [2.24, 2.45) is 5.92 Å². The fraction of sp³-hybridized carbons (Fsp3) is 0.533. The third-order valence-electron chi connectivity index (χ3n) is 2.80. The Balaban J connectivity index is 3.00. The average molecular weight is 328 g/mol. The monoisotopic (exact) mass is 328 g/mol. The Labute approximate surface area is 132 Å². The lowest BCUT2D eigenvalue weighted by Gasteiger charge is -2.26. The lowest BCUT2D eigenvalue weighted by molar-refractivity contribution is -0.158. The van der Waals surface area contributed by atoms with Gasteiger partial charge in [-0.1, -0.05) is 13.8 Å². The fourth-order valence-corrected chi connectivity index (χ4v) is 3.04.